The molecular formula is C19H20Cl2N2O2. The van der Waals surface area contributed by atoms with Crippen LogP contribution < -0.4 is 10.6 Å². The molecule has 0 aromatic heterocycles. The molecule has 2 rings (SSSR count). The summed E-state index contributed by atoms with van der Waals surface area (Å²) < 4.78 is 0. The zero-order valence-electron chi connectivity index (χ0n) is 14.1. The van der Waals surface area contributed by atoms with Crippen LogP contribution in [0.3, 0.4) is 0 Å². The molecule has 0 unspecified atom stereocenters. The molecule has 0 spiro atoms. The minimum absolute atomic E-state index is 0.172. The Hall–Kier alpha value is -2.04. The minimum atomic E-state index is -0.301. The van der Waals surface area contributed by atoms with Crippen molar-refractivity contribution in [2.75, 3.05) is 13.1 Å². The number of benzene rings is 2. The van der Waals surface area contributed by atoms with Crippen molar-refractivity contribution in [1.82, 2.24) is 10.6 Å². The van der Waals surface area contributed by atoms with E-state index >= 15 is 0 Å². The number of rotatable bonds is 6. The van der Waals surface area contributed by atoms with Gasteiger partial charge in [-0.25, -0.2) is 0 Å². The van der Waals surface area contributed by atoms with Crippen LogP contribution in [0.2, 0.25) is 10.0 Å². The lowest BCUT2D eigenvalue weighted by atomic mass is 9.93. The predicted molar refractivity (Wildman–Crippen MR) is 101 cm³/mol. The number of hydrogen-bond acceptors (Lipinski definition) is 2. The molecule has 0 aliphatic heterocycles. The third-order valence-electron chi connectivity index (χ3n) is 3.67. The first-order valence-corrected chi connectivity index (χ1v) is 8.60. The van der Waals surface area contributed by atoms with Crippen LogP contribution in [0, 0.1) is 5.41 Å². The highest BCUT2D eigenvalue weighted by molar-refractivity contribution is 6.31. The van der Waals surface area contributed by atoms with Crippen LogP contribution in [0.5, 0.6) is 0 Å². The van der Waals surface area contributed by atoms with Crippen LogP contribution in [-0.2, 0) is 0 Å². The third kappa shape index (κ3) is 6.07. The monoisotopic (exact) mass is 378 g/mol. The summed E-state index contributed by atoms with van der Waals surface area (Å²) in [5.74, 6) is -0.345. The van der Waals surface area contributed by atoms with Gasteiger partial charge in [0.15, 0.2) is 0 Å². The summed E-state index contributed by atoms with van der Waals surface area (Å²) in [6.45, 7) is 4.79. The Bertz CT molecular complexity index is 678. The second-order valence-electron chi connectivity index (χ2n) is 6.54. The summed E-state index contributed by atoms with van der Waals surface area (Å²) in [5, 5.41) is 6.93. The van der Waals surface area contributed by atoms with Crippen molar-refractivity contribution in [3.63, 3.8) is 0 Å². The number of amides is 2. The van der Waals surface area contributed by atoms with E-state index in [4.69, 9.17) is 23.2 Å². The van der Waals surface area contributed by atoms with E-state index < -0.39 is 0 Å². The quantitative estimate of drug-likeness (QED) is 0.791. The standard InChI is InChI=1S/C19H20Cl2N2O2/c1-19(2,11-22-17(24)13-3-7-15(20)8-4-13)12-23-18(25)14-5-9-16(21)10-6-14/h3-10H,11-12H2,1-2H3,(H,22,24)(H,23,25). The maximum Gasteiger partial charge on any atom is 0.251 e. The normalized spacial score (nSPS) is 11.0. The van der Waals surface area contributed by atoms with Gasteiger partial charge in [0.25, 0.3) is 11.8 Å². The fourth-order valence-electron chi connectivity index (χ4n) is 2.11. The van der Waals surface area contributed by atoms with Gasteiger partial charge in [-0.3, -0.25) is 9.59 Å². The van der Waals surface area contributed by atoms with Crippen LogP contribution in [0.25, 0.3) is 0 Å². The summed E-state index contributed by atoms with van der Waals surface area (Å²) in [6.07, 6.45) is 0. The predicted octanol–water partition coefficient (Wildman–Crippen LogP) is 4.18. The molecule has 2 aromatic rings. The first kappa shape index (κ1) is 19.3. The Kier molecular flexibility index (Phi) is 6.45. The Balaban J connectivity index is 1.84. The number of halogens is 2. The number of hydrogen-bond donors (Lipinski definition) is 2. The molecule has 0 saturated carbocycles. The molecular weight excluding hydrogens is 359 g/mol. The van der Waals surface area contributed by atoms with Crippen LogP contribution in [0.15, 0.2) is 48.5 Å². The molecule has 0 saturated heterocycles. The molecule has 2 amide bonds. The van der Waals surface area contributed by atoms with Gasteiger partial charge in [-0.05, 0) is 53.9 Å². The molecule has 0 fully saturated rings. The molecule has 0 atom stereocenters. The van der Waals surface area contributed by atoms with Gasteiger partial charge in [0, 0.05) is 34.3 Å². The van der Waals surface area contributed by atoms with E-state index in [0.717, 1.165) is 0 Å². The van der Waals surface area contributed by atoms with E-state index in [9.17, 15) is 9.59 Å². The zero-order valence-corrected chi connectivity index (χ0v) is 15.6. The summed E-state index contributed by atoms with van der Waals surface area (Å²) in [7, 11) is 0. The summed E-state index contributed by atoms with van der Waals surface area (Å²) in [5.41, 5.74) is 0.792. The molecule has 2 N–H and O–H groups in total. The van der Waals surface area contributed by atoms with Crippen molar-refractivity contribution >= 4 is 35.0 Å². The van der Waals surface area contributed by atoms with Crippen molar-refractivity contribution in [1.29, 1.82) is 0 Å². The molecule has 2 aromatic carbocycles. The van der Waals surface area contributed by atoms with Crippen LogP contribution in [-0.4, -0.2) is 24.9 Å². The largest absolute Gasteiger partial charge is 0.351 e. The number of nitrogens with one attached hydrogen (secondary N) is 2. The van der Waals surface area contributed by atoms with Gasteiger partial charge in [-0.15, -0.1) is 0 Å². The Morgan fingerprint density at radius 2 is 1.08 bits per heavy atom. The Morgan fingerprint density at radius 3 is 1.40 bits per heavy atom. The van der Waals surface area contributed by atoms with Crippen molar-refractivity contribution in [3.05, 3.63) is 69.7 Å². The highest BCUT2D eigenvalue weighted by atomic mass is 35.5. The van der Waals surface area contributed by atoms with Crippen molar-refractivity contribution in [2.24, 2.45) is 5.41 Å². The topological polar surface area (TPSA) is 58.2 Å². The SMILES string of the molecule is CC(C)(CNC(=O)c1ccc(Cl)cc1)CNC(=O)c1ccc(Cl)cc1. The first-order chi connectivity index (χ1) is 11.8. The van der Waals surface area contributed by atoms with E-state index in [2.05, 4.69) is 10.6 Å². The second-order valence-corrected chi connectivity index (χ2v) is 7.42. The maximum absolute atomic E-state index is 12.1. The van der Waals surface area contributed by atoms with Gasteiger partial charge in [-0.2, -0.15) is 0 Å². The van der Waals surface area contributed by atoms with Crippen LogP contribution >= 0.6 is 23.2 Å². The average Bonchev–Trinajstić information content (AvgIpc) is 2.59. The highest BCUT2D eigenvalue weighted by Gasteiger charge is 2.20. The molecule has 0 heterocycles. The van der Waals surface area contributed by atoms with Crippen molar-refractivity contribution in [2.45, 2.75) is 13.8 Å². The van der Waals surface area contributed by atoms with Crippen LogP contribution in [0.1, 0.15) is 34.6 Å². The van der Waals surface area contributed by atoms with Gasteiger partial charge in [0.05, 0.1) is 0 Å². The van der Waals surface area contributed by atoms with E-state index in [1.54, 1.807) is 48.5 Å². The van der Waals surface area contributed by atoms with Gasteiger partial charge in [-0.1, -0.05) is 37.0 Å². The van der Waals surface area contributed by atoms with E-state index in [0.29, 0.717) is 34.3 Å². The molecule has 0 radical (unpaired) electrons. The van der Waals surface area contributed by atoms with E-state index in [-0.39, 0.29) is 17.2 Å². The average molecular weight is 379 g/mol. The van der Waals surface area contributed by atoms with E-state index in [1.165, 1.54) is 0 Å². The lowest BCUT2D eigenvalue weighted by molar-refractivity contribution is 0.0920. The first-order valence-electron chi connectivity index (χ1n) is 7.84. The highest BCUT2D eigenvalue weighted by Crippen LogP contribution is 2.14. The Morgan fingerprint density at radius 1 is 0.760 bits per heavy atom. The molecule has 25 heavy (non-hydrogen) atoms. The summed E-state index contributed by atoms with van der Waals surface area (Å²) >= 11 is 11.6. The molecule has 0 aliphatic rings. The van der Waals surface area contributed by atoms with Crippen LogP contribution in [0.4, 0.5) is 0 Å². The van der Waals surface area contributed by atoms with Crippen molar-refractivity contribution in [3.8, 4) is 0 Å². The molecule has 6 heteroatoms. The zero-order chi connectivity index (χ0) is 18.4. The minimum Gasteiger partial charge on any atom is -0.351 e. The summed E-state index contributed by atoms with van der Waals surface area (Å²) in [4.78, 5) is 24.3. The Labute approximate surface area is 157 Å². The van der Waals surface area contributed by atoms with Gasteiger partial charge in [0.2, 0.25) is 0 Å². The third-order valence-corrected chi connectivity index (χ3v) is 4.17. The van der Waals surface area contributed by atoms with Gasteiger partial charge in [0.1, 0.15) is 0 Å². The molecule has 132 valence electrons. The smallest absolute Gasteiger partial charge is 0.251 e. The lowest BCUT2D eigenvalue weighted by Gasteiger charge is -2.25. The van der Waals surface area contributed by atoms with Crippen molar-refractivity contribution < 1.29 is 9.59 Å². The maximum atomic E-state index is 12.1. The molecule has 0 bridgehead atoms. The van der Waals surface area contributed by atoms with Gasteiger partial charge < -0.3 is 10.6 Å². The fourth-order valence-corrected chi connectivity index (χ4v) is 2.36. The van der Waals surface area contributed by atoms with E-state index in [1.807, 2.05) is 13.8 Å². The molecule has 0 aliphatic carbocycles. The number of carbonyl (C=O) groups excluding carboxylic acids is 2. The molecule has 4 nitrogen and oxygen atoms in total. The second kappa shape index (κ2) is 8.37. The number of carbonyl (C=O) groups is 2. The summed E-state index contributed by atoms with van der Waals surface area (Å²) in [6, 6.07) is 13.4. The van der Waals surface area contributed by atoms with Gasteiger partial charge >= 0.3 is 0 Å². The fraction of sp³-hybridized carbons (Fsp3) is 0.263. The lowest BCUT2D eigenvalue weighted by Crippen LogP contribution is -2.42.